The van der Waals surface area contributed by atoms with Gasteiger partial charge in [0.2, 0.25) is 10.0 Å². The van der Waals surface area contributed by atoms with E-state index in [0.29, 0.717) is 11.3 Å². The molecule has 1 aliphatic rings. The highest BCUT2D eigenvalue weighted by atomic mass is 32.2. The first-order valence-corrected chi connectivity index (χ1v) is 11.4. The molecule has 1 heterocycles. The van der Waals surface area contributed by atoms with E-state index in [1.165, 1.54) is 23.9 Å². The van der Waals surface area contributed by atoms with E-state index in [1.54, 1.807) is 55.7 Å². The van der Waals surface area contributed by atoms with E-state index in [2.05, 4.69) is 0 Å². The Balaban J connectivity index is 1.93. The predicted molar refractivity (Wildman–Crippen MR) is 111 cm³/mol. The van der Waals surface area contributed by atoms with E-state index < -0.39 is 26.7 Å². The van der Waals surface area contributed by atoms with Crippen LogP contribution in [0.5, 0.6) is 0 Å². The van der Waals surface area contributed by atoms with Gasteiger partial charge in [-0.15, -0.1) is 0 Å². The Labute approximate surface area is 174 Å². The highest BCUT2D eigenvalue weighted by molar-refractivity contribution is 8.00. The van der Waals surface area contributed by atoms with Gasteiger partial charge in [0.25, 0.3) is 5.91 Å². The van der Waals surface area contributed by atoms with Gasteiger partial charge in [-0.05, 0) is 37.1 Å². The van der Waals surface area contributed by atoms with Crippen LogP contribution < -0.4 is 5.48 Å². The van der Waals surface area contributed by atoms with Crippen molar-refractivity contribution in [3.8, 4) is 11.1 Å². The molecule has 1 atom stereocenters. The van der Waals surface area contributed by atoms with Crippen LogP contribution in [0.1, 0.15) is 24.2 Å². The molecule has 1 fully saturated rings. The van der Waals surface area contributed by atoms with Crippen molar-refractivity contribution in [2.75, 3.05) is 12.3 Å². The number of carbonyl (C=O) groups is 2. The number of thioether (sulfide) groups is 1. The summed E-state index contributed by atoms with van der Waals surface area (Å²) in [4.78, 5) is 23.1. The molecule has 0 bridgehead atoms. The third-order valence-electron chi connectivity index (χ3n) is 4.93. The van der Waals surface area contributed by atoms with Crippen LogP contribution in [-0.2, 0) is 14.8 Å². The molecule has 0 unspecified atom stereocenters. The summed E-state index contributed by atoms with van der Waals surface area (Å²) in [6.07, 6.45) is 0.761. The molecule has 3 rings (SSSR count). The monoisotopic (exact) mass is 434 g/mol. The molecule has 154 valence electrons. The number of aldehydes is 1. The second kappa shape index (κ2) is 8.27. The van der Waals surface area contributed by atoms with E-state index in [4.69, 9.17) is 5.21 Å². The van der Waals surface area contributed by atoms with Crippen LogP contribution in [0.4, 0.5) is 0 Å². The van der Waals surface area contributed by atoms with Crippen LogP contribution in [0.2, 0.25) is 0 Å². The first-order valence-electron chi connectivity index (χ1n) is 8.96. The minimum absolute atomic E-state index is 0.0733. The molecule has 1 amide bonds. The average Bonchev–Trinajstić information content (AvgIpc) is 2.72. The zero-order valence-corrected chi connectivity index (χ0v) is 17.7. The molecule has 1 saturated heterocycles. The first-order chi connectivity index (χ1) is 13.7. The molecule has 0 aromatic heterocycles. The summed E-state index contributed by atoms with van der Waals surface area (Å²) in [7, 11) is -3.95. The fourth-order valence-corrected chi connectivity index (χ4v) is 6.54. The predicted octanol–water partition coefficient (Wildman–Crippen LogP) is 2.56. The molecular weight excluding hydrogens is 412 g/mol. The molecule has 0 radical (unpaired) electrons. The topological polar surface area (TPSA) is 104 Å². The number of carbonyl (C=O) groups excluding carboxylic acids is 2. The fraction of sp³-hybridized carbons (Fsp3) is 0.300. The third kappa shape index (κ3) is 4.23. The van der Waals surface area contributed by atoms with Gasteiger partial charge in [0.05, 0.1) is 4.90 Å². The maximum atomic E-state index is 13.3. The lowest BCUT2D eigenvalue weighted by atomic mass is 10.0. The van der Waals surface area contributed by atoms with Crippen molar-refractivity contribution in [3.63, 3.8) is 0 Å². The van der Waals surface area contributed by atoms with Crippen LogP contribution >= 0.6 is 11.8 Å². The molecule has 0 saturated carbocycles. The van der Waals surface area contributed by atoms with Crippen molar-refractivity contribution in [2.24, 2.45) is 0 Å². The lowest BCUT2D eigenvalue weighted by Gasteiger charge is -2.43. The molecule has 2 aromatic rings. The van der Waals surface area contributed by atoms with E-state index in [9.17, 15) is 18.0 Å². The number of nitrogens with zero attached hydrogens (tertiary/aromatic N) is 1. The average molecular weight is 435 g/mol. The summed E-state index contributed by atoms with van der Waals surface area (Å²) in [6, 6.07) is 12.3. The molecule has 2 aromatic carbocycles. The number of amides is 1. The number of hydrogen-bond acceptors (Lipinski definition) is 6. The molecule has 9 heteroatoms. The van der Waals surface area contributed by atoms with Crippen LogP contribution in [0.15, 0.2) is 53.4 Å². The number of hydrogen-bond donors (Lipinski definition) is 2. The van der Waals surface area contributed by atoms with Crippen molar-refractivity contribution in [3.05, 3.63) is 54.1 Å². The fourth-order valence-electron chi connectivity index (χ4n) is 3.43. The maximum absolute atomic E-state index is 13.3. The van der Waals surface area contributed by atoms with E-state index in [-0.39, 0.29) is 11.4 Å². The second-order valence-electron chi connectivity index (χ2n) is 7.21. The SMILES string of the molecule is CC1(C)SCCN(S(=O)(=O)c2ccc(-c3ccc(C=O)cc3)cc2)[C@H]1C(=O)NO. The van der Waals surface area contributed by atoms with Gasteiger partial charge in [-0.25, -0.2) is 13.9 Å². The van der Waals surface area contributed by atoms with Gasteiger partial charge in [0.1, 0.15) is 12.3 Å². The first kappa shape index (κ1) is 21.5. The van der Waals surface area contributed by atoms with Gasteiger partial charge >= 0.3 is 0 Å². The Kier molecular flexibility index (Phi) is 6.13. The Hall–Kier alpha value is -2.20. The molecule has 2 N–H and O–H groups in total. The summed E-state index contributed by atoms with van der Waals surface area (Å²) < 4.78 is 27.0. The van der Waals surface area contributed by atoms with Crippen LogP contribution in [0.25, 0.3) is 11.1 Å². The number of rotatable bonds is 5. The Morgan fingerprint density at radius 1 is 1.14 bits per heavy atom. The Bertz CT molecular complexity index is 1000. The number of benzene rings is 2. The largest absolute Gasteiger partial charge is 0.298 e. The minimum Gasteiger partial charge on any atom is -0.298 e. The minimum atomic E-state index is -3.95. The maximum Gasteiger partial charge on any atom is 0.263 e. The molecular formula is C20H22N2O5S2. The highest BCUT2D eigenvalue weighted by Gasteiger charge is 2.48. The quantitative estimate of drug-likeness (QED) is 0.426. The highest BCUT2D eigenvalue weighted by Crippen LogP contribution is 2.38. The van der Waals surface area contributed by atoms with Gasteiger partial charge in [0, 0.05) is 22.6 Å². The summed E-state index contributed by atoms with van der Waals surface area (Å²) in [5.41, 5.74) is 3.82. The molecule has 0 aliphatic carbocycles. The summed E-state index contributed by atoms with van der Waals surface area (Å²) in [6.45, 7) is 3.74. The smallest absolute Gasteiger partial charge is 0.263 e. The van der Waals surface area contributed by atoms with Crippen molar-refractivity contribution in [1.82, 2.24) is 9.79 Å². The number of nitrogens with one attached hydrogen (secondary N) is 1. The van der Waals surface area contributed by atoms with Gasteiger partial charge < -0.3 is 0 Å². The summed E-state index contributed by atoms with van der Waals surface area (Å²) >= 11 is 1.49. The normalized spacial score (nSPS) is 19.5. The van der Waals surface area contributed by atoms with Gasteiger partial charge in [-0.2, -0.15) is 16.1 Å². The summed E-state index contributed by atoms with van der Waals surface area (Å²) in [5.74, 6) is -0.208. The zero-order chi connectivity index (χ0) is 21.2. The molecule has 7 nitrogen and oxygen atoms in total. The van der Waals surface area contributed by atoms with Crippen molar-refractivity contribution in [1.29, 1.82) is 0 Å². The second-order valence-corrected chi connectivity index (χ2v) is 10.9. The van der Waals surface area contributed by atoms with Gasteiger partial charge in [-0.1, -0.05) is 36.4 Å². The zero-order valence-electron chi connectivity index (χ0n) is 16.0. The van der Waals surface area contributed by atoms with Crippen molar-refractivity contribution in [2.45, 2.75) is 29.5 Å². The molecule has 0 spiro atoms. The molecule has 29 heavy (non-hydrogen) atoms. The Morgan fingerprint density at radius 2 is 1.69 bits per heavy atom. The van der Waals surface area contributed by atoms with E-state index in [1.807, 2.05) is 0 Å². The Morgan fingerprint density at radius 3 is 2.21 bits per heavy atom. The van der Waals surface area contributed by atoms with Crippen LogP contribution in [-0.4, -0.2) is 53.2 Å². The molecule has 1 aliphatic heterocycles. The third-order valence-corrected chi connectivity index (χ3v) is 8.16. The van der Waals surface area contributed by atoms with E-state index in [0.717, 1.165) is 21.7 Å². The number of hydroxylamine groups is 1. The van der Waals surface area contributed by atoms with Gasteiger partial charge in [-0.3, -0.25) is 14.8 Å². The standard InChI is InChI=1S/C20H22N2O5S2/c1-20(2)18(19(24)21-25)22(11-12-28-20)29(26,27)17-9-7-16(8-10-17)15-5-3-14(13-23)4-6-15/h3-10,13,18,25H,11-12H2,1-2H3,(H,21,24)/t18-/m0/s1. The number of sulfonamides is 1. The van der Waals surface area contributed by atoms with Crippen LogP contribution in [0, 0.1) is 0 Å². The van der Waals surface area contributed by atoms with Crippen LogP contribution in [0.3, 0.4) is 0 Å². The van der Waals surface area contributed by atoms with E-state index >= 15 is 0 Å². The van der Waals surface area contributed by atoms with Crippen molar-refractivity contribution < 1.29 is 23.2 Å². The lowest BCUT2D eigenvalue weighted by Crippen LogP contribution is -2.61. The van der Waals surface area contributed by atoms with Gasteiger partial charge in [0.15, 0.2) is 0 Å². The lowest BCUT2D eigenvalue weighted by molar-refractivity contribution is -0.134. The summed E-state index contributed by atoms with van der Waals surface area (Å²) in [5, 5.41) is 9.12. The van der Waals surface area contributed by atoms with Crippen molar-refractivity contribution >= 4 is 34.0 Å².